The molecule has 4 rings (SSSR count). The number of halogens is 1. The van der Waals surface area contributed by atoms with Crippen molar-refractivity contribution in [2.75, 3.05) is 19.7 Å². The van der Waals surface area contributed by atoms with E-state index < -0.39 is 9.84 Å². The van der Waals surface area contributed by atoms with E-state index in [1.54, 1.807) is 28.8 Å². The Balaban J connectivity index is 0.00000420. The Hall–Kier alpha value is -2.80. The highest BCUT2D eigenvalue weighted by Gasteiger charge is 2.29. The van der Waals surface area contributed by atoms with Gasteiger partial charge in [-0.15, -0.1) is 12.4 Å². The summed E-state index contributed by atoms with van der Waals surface area (Å²) in [7, 11) is -1.86. The highest BCUT2D eigenvalue weighted by molar-refractivity contribution is 7.91. The maximum atomic E-state index is 13.7. The van der Waals surface area contributed by atoms with Crippen molar-refractivity contribution >= 4 is 33.1 Å². The number of hydrogen-bond acceptors (Lipinski definition) is 4. The number of hydrogen-bond donors (Lipinski definition) is 1. The van der Waals surface area contributed by atoms with Gasteiger partial charge in [-0.05, 0) is 111 Å². The van der Waals surface area contributed by atoms with Crippen molar-refractivity contribution in [1.29, 1.82) is 0 Å². The lowest BCUT2D eigenvalue weighted by Gasteiger charge is -2.13. The van der Waals surface area contributed by atoms with Crippen LogP contribution in [0.1, 0.15) is 54.0 Å². The van der Waals surface area contributed by atoms with Crippen LogP contribution in [0.3, 0.4) is 0 Å². The largest absolute Gasteiger partial charge is 0.494 e. The molecule has 0 spiro atoms. The van der Waals surface area contributed by atoms with Crippen LogP contribution in [-0.4, -0.2) is 32.7 Å². The van der Waals surface area contributed by atoms with Gasteiger partial charge in [0.05, 0.1) is 11.5 Å². The van der Waals surface area contributed by atoms with Crippen LogP contribution in [0.2, 0.25) is 0 Å². The molecule has 0 saturated heterocycles. The fourth-order valence-electron chi connectivity index (χ4n) is 5.12. The lowest BCUT2D eigenvalue weighted by molar-refractivity contribution is 0.308. The van der Waals surface area contributed by atoms with Crippen LogP contribution in [0.15, 0.2) is 70.6 Å². The lowest BCUT2D eigenvalue weighted by atomic mass is 9.99. The van der Waals surface area contributed by atoms with Gasteiger partial charge in [0.15, 0.2) is 0 Å². The minimum absolute atomic E-state index is 0. The van der Waals surface area contributed by atoms with Gasteiger partial charge < -0.3 is 14.6 Å². The highest BCUT2D eigenvalue weighted by atomic mass is 35.5. The Kier molecular flexibility index (Phi) is 10.3. The number of benzene rings is 3. The highest BCUT2D eigenvalue weighted by Crippen LogP contribution is 2.37. The van der Waals surface area contributed by atoms with Gasteiger partial charge in [-0.25, -0.2) is 8.42 Å². The van der Waals surface area contributed by atoms with E-state index >= 15 is 0 Å². The molecule has 0 atom stereocenters. The lowest BCUT2D eigenvalue weighted by Crippen LogP contribution is -2.20. The SMILES string of the molecule is Cc1cc(CCNCCCOc2ccc(S(=O)(=O)c3c(C(C)C)c4ccccc4n3C)cc2)cc(C)c1C.Cl. The topological polar surface area (TPSA) is 60.3 Å². The summed E-state index contributed by atoms with van der Waals surface area (Å²) in [6, 6.07) is 19.2. The van der Waals surface area contributed by atoms with Crippen molar-refractivity contribution in [3.8, 4) is 5.75 Å². The number of rotatable bonds is 11. The number of nitrogens with one attached hydrogen (secondary N) is 1. The predicted molar refractivity (Wildman–Crippen MR) is 163 cm³/mol. The second kappa shape index (κ2) is 13.0. The van der Waals surface area contributed by atoms with Gasteiger partial charge in [-0.3, -0.25) is 0 Å². The molecule has 1 N–H and O–H groups in total. The zero-order valence-corrected chi connectivity index (χ0v) is 25.5. The van der Waals surface area contributed by atoms with Crippen molar-refractivity contribution in [3.05, 3.63) is 88.5 Å². The Morgan fingerprint density at radius 1 is 0.923 bits per heavy atom. The third kappa shape index (κ3) is 6.68. The van der Waals surface area contributed by atoms with E-state index in [-0.39, 0.29) is 23.2 Å². The Bertz CT molecular complexity index is 1500. The zero-order chi connectivity index (χ0) is 27.4. The number of aryl methyl sites for hydroxylation is 3. The first kappa shape index (κ1) is 30.7. The Labute approximate surface area is 239 Å². The Morgan fingerprint density at radius 2 is 1.56 bits per heavy atom. The molecule has 4 aromatic rings. The van der Waals surface area contributed by atoms with E-state index in [0.29, 0.717) is 17.4 Å². The standard InChI is InChI=1S/C32H40N2O3S.ClH/c1-22(2)31-29-10-7-8-11-30(29)34(6)32(31)38(35,36)28-14-12-27(13-15-28)37-19-9-17-33-18-16-26-20-23(3)25(5)24(4)21-26;/h7-8,10-15,20-22,33H,9,16-19H2,1-6H3;1H. The van der Waals surface area contributed by atoms with Crippen molar-refractivity contribution in [1.82, 2.24) is 9.88 Å². The average molecular weight is 569 g/mol. The van der Waals surface area contributed by atoms with Crippen molar-refractivity contribution < 1.29 is 13.2 Å². The van der Waals surface area contributed by atoms with E-state index in [1.807, 2.05) is 45.2 Å². The number of ether oxygens (including phenoxy) is 1. The summed E-state index contributed by atoms with van der Waals surface area (Å²) in [4.78, 5) is 0.279. The maximum absolute atomic E-state index is 13.7. The quantitative estimate of drug-likeness (QED) is 0.196. The van der Waals surface area contributed by atoms with E-state index in [2.05, 4.69) is 38.2 Å². The summed E-state index contributed by atoms with van der Waals surface area (Å²) in [6.45, 7) is 13.0. The van der Waals surface area contributed by atoms with Crippen molar-refractivity contribution in [3.63, 3.8) is 0 Å². The molecule has 0 amide bonds. The molecule has 5 nitrogen and oxygen atoms in total. The normalized spacial score (nSPS) is 11.7. The predicted octanol–water partition coefficient (Wildman–Crippen LogP) is 7.08. The fraction of sp³-hybridized carbons (Fsp3) is 0.375. The molecule has 1 aromatic heterocycles. The number of para-hydroxylation sites is 1. The summed E-state index contributed by atoms with van der Waals surface area (Å²) in [5.74, 6) is 0.753. The number of fused-ring (bicyclic) bond motifs is 1. The van der Waals surface area contributed by atoms with Crippen LogP contribution in [0.5, 0.6) is 5.75 Å². The van der Waals surface area contributed by atoms with Crippen LogP contribution < -0.4 is 10.1 Å². The molecule has 0 saturated carbocycles. The second-order valence-corrected chi connectivity index (χ2v) is 12.3. The minimum atomic E-state index is -3.69. The summed E-state index contributed by atoms with van der Waals surface area (Å²) in [5.41, 5.74) is 7.23. The molecular formula is C32H41ClN2O3S. The minimum Gasteiger partial charge on any atom is -0.494 e. The molecule has 210 valence electrons. The first-order valence-electron chi connectivity index (χ1n) is 13.4. The zero-order valence-electron chi connectivity index (χ0n) is 23.9. The van der Waals surface area contributed by atoms with Gasteiger partial charge in [-0.1, -0.05) is 44.2 Å². The molecule has 0 aliphatic rings. The Morgan fingerprint density at radius 3 is 2.21 bits per heavy atom. The summed E-state index contributed by atoms with van der Waals surface area (Å²) >= 11 is 0. The first-order chi connectivity index (χ1) is 18.1. The number of sulfone groups is 1. The van der Waals surface area contributed by atoms with Gasteiger partial charge in [0.2, 0.25) is 9.84 Å². The fourth-order valence-corrected chi connectivity index (χ4v) is 6.94. The molecule has 3 aromatic carbocycles. The van der Waals surface area contributed by atoms with Gasteiger partial charge in [0.25, 0.3) is 0 Å². The molecule has 0 fully saturated rings. The summed E-state index contributed by atoms with van der Waals surface area (Å²) in [5, 5.41) is 4.84. The molecule has 1 heterocycles. The summed E-state index contributed by atoms with van der Waals surface area (Å²) < 4.78 is 35.1. The van der Waals surface area contributed by atoms with Crippen LogP contribution in [-0.2, 0) is 23.3 Å². The average Bonchev–Trinajstić information content (AvgIpc) is 3.20. The molecule has 7 heteroatoms. The van der Waals surface area contributed by atoms with Crippen LogP contribution >= 0.6 is 12.4 Å². The third-order valence-electron chi connectivity index (χ3n) is 7.40. The first-order valence-corrected chi connectivity index (χ1v) is 14.9. The summed E-state index contributed by atoms with van der Waals surface area (Å²) in [6.07, 6.45) is 1.88. The van der Waals surface area contributed by atoms with Crippen molar-refractivity contribution in [2.45, 2.75) is 63.3 Å². The third-order valence-corrected chi connectivity index (χ3v) is 9.30. The maximum Gasteiger partial charge on any atom is 0.222 e. The van der Waals surface area contributed by atoms with E-state index in [1.165, 1.54) is 22.3 Å². The van der Waals surface area contributed by atoms with Crippen molar-refractivity contribution in [2.24, 2.45) is 7.05 Å². The van der Waals surface area contributed by atoms with E-state index in [0.717, 1.165) is 42.4 Å². The van der Waals surface area contributed by atoms with Gasteiger partial charge in [0.1, 0.15) is 10.8 Å². The molecule has 0 bridgehead atoms. The van der Waals surface area contributed by atoms with Gasteiger partial charge in [0, 0.05) is 18.0 Å². The molecule has 0 unspecified atom stereocenters. The molecule has 39 heavy (non-hydrogen) atoms. The number of nitrogens with zero attached hydrogens (tertiary/aromatic N) is 1. The van der Waals surface area contributed by atoms with E-state index in [9.17, 15) is 8.42 Å². The van der Waals surface area contributed by atoms with Crippen LogP contribution in [0.25, 0.3) is 10.9 Å². The molecule has 0 radical (unpaired) electrons. The molecular weight excluding hydrogens is 528 g/mol. The smallest absolute Gasteiger partial charge is 0.222 e. The van der Waals surface area contributed by atoms with Gasteiger partial charge >= 0.3 is 0 Å². The molecule has 0 aliphatic heterocycles. The monoisotopic (exact) mass is 568 g/mol. The van der Waals surface area contributed by atoms with Crippen LogP contribution in [0, 0.1) is 20.8 Å². The second-order valence-electron chi connectivity index (χ2n) is 10.5. The van der Waals surface area contributed by atoms with Crippen LogP contribution in [0.4, 0.5) is 0 Å². The number of aromatic nitrogens is 1. The van der Waals surface area contributed by atoms with E-state index in [4.69, 9.17) is 4.74 Å². The molecule has 0 aliphatic carbocycles. The van der Waals surface area contributed by atoms with Gasteiger partial charge in [-0.2, -0.15) is 0 Å².